The van der Waals surface area contributed by atoms with Gasteiger partial charge in [-0.1, -0.05) is 30.3 Å². The quantitative estimate of drug-likeness (QED) is 0.518. The zero-order valence-corrected chi connectivity index (χ0v) is 16.1. The van der Waals surface area contributed by atoms with Gasteiger partial charge in [0.2, 0.25) is 0 Å². The average molecular weight is 396 g/mol. The number of nitrogens with one attached hydrogen (secondary N) is 1. The first-order valence-corrected chi connectivity index (χ1v) is 9.51. The van der Waals surface area contributed by atoms with Crippen LogP contribution in [0.1, 0.15) is 11.1 Å². The third kappa shape index (κ3) is 4.64. The standard InChI is InChI=1S/C25H20N2O3/c28-21-10-6-17(7-11-21)14-18-15-23(27-20-8-12-22(29)13-9-20)24(16-25(18)30)26-19-4-2-1-3-5-19/h1-13,15-16,26,28,30H,14H2. The van der Waals surface area contributed by atoms with E-state index in [1.165, 1.54) is 12.2 Å². The van der Waals surface area contributed by atoms with E-state index in [4.69, 9.17) is 0 Å². The van der Waals surface area contributed by atoms with E-state index in [-0.39, 0.29) is 17.3 Å². The minimum Gasteiger partial charge on any atom is -0.508 e. The van der Waals surface area contributed by atoms with Crippen LogP contribution in [-0.4, -0.2) is 21.7 Å². The number of allylic oxidation sites excluding steroid dienone is 4. The number of para-hydroxylation sites is 1. The van der Waals surface area contributed by atoms with Crippen molar-refractivity contribution in [1.82, 2.24) is 0 Å². The van der Waals surface area contributed by atoms with Gasteiger partial charge in [0, 0.05) is 23.7 Å². The van der Waals surface area contributed by atoms with Crippen LogP contribution in [0.25, 0.3) is 0 Å². The number of carbonyl (C=O) groups excluding carboxylic acids is 1. The number of anilines is 2. The lowest BCUT2D eigenvalue weighted by Gasteiger charge is -2.14. The Hall–Kier alpha value is -4.12. The molecule has 30 heavy (non-hydrogen) atoms. The summed E-state index contributed by atoms with van der Waals surface area (Å²) in [6, 6.07) is 20.0. The fraction of sp³-hybridized carbons (Fsp3) is 0.0400. The molecule has 3 aromatic carbocycles. The van der Waals surface area contributed by atoms with Crippen molar-refractivity contribution in [2.45, 2.75) is 6.42 Å². The van der Waals surface area contributed by atoms with E-state index in [9.17, 15) is 15.0 Å². The van der Waals surface area contributed by atoms with Crippen molar-refractivity contribution in [3.63, 3.8) is 0 Å². The molecule has 0 aromatic heterocycles. The second-order valence-electron chi connectivity index (χ2n) is 6.94. The monoisotopic (exact) mass is 396 g/mol. The van der Waals surface area contributed by atoms with Crippen LogP contribution in [0.5, 0.6) is 11.5 Å². The molecular formula is C25H20N2O3. The summed E-state index contributed by atoms with van der Waals surface area (Å²) in [6.07, 6.45) is 6.77. The van der Waals surface area contributed by atoms with Crippen LogP contribution in [0.2, 0.25) is 0 Å². The molecule has 148 valence electrons. The highest BCUT2D eigenvalue weighted by Crippen LogP contribution is 2.36. The van der Waals surface area contributed by atoms with Crippen molar-refractivity contribution in [3.05, 3.63) is 102 Å². The van der Waals surface area contributed by atoms with Crippen LogP contribution in [0.15, 0.2) is 96.0 Å². The van der Waals surface area contributed by atoms with Crippen LogP contribution < -0.4 is 5.32 Å². The molecule has 0 amide bonds. The number of ketones is 1. The number of aromatic hydroxyl groups is 2. The smallest absolute Gasteiger partial charge is 0.178 e. The number of hydrogen-bond acceptors (Lipinski definition) is 5. The minimum atomic E-state index is -0.0738. The molecule has 3 N–H and O–H groups in total. The van der Waals surface area contributed by atoms with Gasteiger partial charge in [-0.15, -0.1) is 0 Å². The summed E-state index contributed by atoms with van der Waals surface area (Å²) >= 11 is 0. The van der Waals surface area contributed by atoms with Gasteiger partial charge in [0.1, 0.15) is 11.5 Å². The molecule has 0 saturated carbocycles. The molecule has 0 atom stereocenters. The minimum absolute atomic E-state index is 0.0738. The summed E-state index contributed by atoms with van der Waals surface area (Å²) in [5.41, 5.74) is 4.47. The maximum Gasteiger partial charge on any atom is 0.178 e. The van der Waals surface area contributed by atoms with Crippen LogP contribution in [0, 0.1) is 0 Å². The summed E-state index contributed by atoms with van der Waals surface area (Å²) < 4.78 is 0. The maximum atomic E-state index is 11.4. The SMILES string of the molecule is O=C1C=CC(=Nc2cc(Cc3ccc(O)cc3)c(O)cc2Nc2ccccc2)C=C1. The lowest BCUT2D eigenvalue weighted by molar-refractivity contribution is -0.110. The number of benzene rings is 3. The van der Waals surface area contributed by atoms with E-state index >= 15 is 0 Å². The van der Waals surface area contributed by atoms with Crippen molar-refractivity contribution in [2.24, 2.45) is 4.99 Å². The first kappa shape index (κ1) is 19.2. The number of nitrogens with zero attached hydrogens (tertiary/aromatic N) is 1. The fourth-order valence-corrected chi connectivity index (χ4v) is 3.12. The number of phenolic OH excluding ortho intramolecular Hbond substituents is 2. The highest BCUT2D eigenvalue weighted by atomic mass is 16.3. The molecule has 1 aliphatic rings. The summed E-state index contributed by atoms with van der Waals surface area (Å²) in [6.45, 7) is 0. The van der Waals surface area contributed by atoms with E-state index in [0.717, 1.165) is 11.3 Å². The van der Waals surface area contributed by atoms with Gasteiger partial charge in [-0.25, -0.2) is 4.99 Å². The topological polar surface area (TPSA) is 81.9 Å². The van der Waals surface area contributed by atoms with Gasteiger partial charge in [-0.2, -0.15) is 0 Å². The van der Waals surface area contributed by atoms with E-state index in [1.54, 1.807) is 30.4 Å². The molecule has 5 nitrogen and oxygen atoms in total. The Kier molecular flexibility index (Phi) is 5.44. The van der Waals surface area contributed by atoms with E-state index in [2.05, 4.69) is 10.3 Å². The Balaban J connectivity index is 1.73. The molecule has 0 heterocycles. The van der Waals surface area contributed by atoms with Crippen molar-refractivity contribution >= 4 is 28.6 Å². The van der Waals surface area contributed by atoms with Gasteiger partial charge < -0.3 is 15.5 Å². The van der Waals surface area contributed by atoms with Crippen molar-refractivity contribution in [1.29, 1.82) is 0 Å². The molecule has 1 aliphatic carbocycles. The summed E-state index contributed by atoms with van der Waals surface area (Å²) in [4.78, 5) is 16.1. The molecule has 0 radical (unpaired) electrons. The van der Waals surface area contributed by atoms with Crippen LogP contribution >= 0.6 is 0 Å². The summed E-state index contributed by atoms with van der Waals surface area (Å²) in [5, 5.41) is 23.4. The molecule has 0 aliphatic heterocycles. The number of aliphatic imine (C=N–C) groups is 1. The van der Waals surface area contributed by atoms with E-state index in [0.29, 0.717) is 29.1 Å². The predicted molar refractivity (Wildman–Crippen MR) is 119 cm³/mol. The number of phenols is 2. The summed E-state index contributed by atoms with van der Waals surface area (Å²) in [5.74, 6) is 0.272. The Labute approximate surface area is 174 Å². The fourth-order valence-electron chi connectivity index (χ4n) is 3.12. The van der Waals surface area contributed by atoms with Crippen LogP contribution in [0.4, 0.5) is 17.1 Å². The Bertz CT molecular complexity index is 1140. The maximum absolute atomic E-state index is 11.4. The Morgan fingerprint density at radius 3 is 2.23 bits per heavy atom. The Morgan fingerprint density at radius 1 is 0.833 bits per heavy atom. The lowest BCUT2D eigenvalue weighted by atomic mass is 10.0. The van der Waals surface area contributed by atoms with Crippen molar-refractivity contribution in [3.8, 4) is 11.5 Å². The molecule has 0 spiro atoms. The normalized spacial score (nSPS) is 12.8. The van der Waals surface area contributed by atoms with Crippen LogP contribution in [-0.2, 0) is 11.2 Å². The zero-order chi connectivity index (χ0) is 20.9. The molecule has 5 heteroatoms. The zero-order valence-electron chi connectivity index (χ0n) is 16.1. The largest absolute Gasteiger partial charge is 0.508 e. The first-order chi connectivity index (χ1) is 14.6. The van der Waals surface area contributed by atoms with Gasteiger partial charge in [-0.05, 0) is 60.2 Å². The van der Waals surface area contributed by atoms with E-state index in [1.807, 2.05) is 48.5 Å². The van der Waals surface area contributed by atoms with Gasteiger partial charge in [0.15, 0.2) is 5.78 Å². The van der Waals surface area contributed by atoms with Gasteiger partial charge in [0.05, 0.1) is 17.1 Å². The van der Waals surface area contributed by atoms with Crippen LogP contribution in [0.3, 0.4) is 0 Å². The Morgan fingerprint density at radius 2 is 1.53 bits per heavy atom. The molecule has 0 bridgehead atoms. The molecule has 4 rings (SSSR count). The molecule has 0 fully saturated rings. The van der Waals surface area contributed by atoms with E-state index < -0.39 is 0 Å². The number of rotatable bonds is 5. The molecule has 0 saturated heterocycles. The second kappa shape index (κ2) is 8.49. The highest BCUT2D eigenvalue weighted by molar-refractivity contribution is 6.17. The molecule has 0 unspecified atom stereocenters. The average Bonchev–Trinajstić information content (AvgIpc) is 2.75. The van der Waals surface area contributed by atoms with Crippen molar-refractivity contribution < 1.29 is 15.0 Å². The number of carbonyl (C=O) groups is 1. The predicted octanol–water partition coefficient (Wildman–Crippen LogP) is 5.20. The first-order valence-electron chi connectivity index (χ1n) is 9.51. The number of hydrogen-bond donors (Lipinski definition) is 3. The van der Waals surface area contributed by atoms with Gasteiger partial charge >= 0.3 is 0 Å². The second-order valence-corrected chi connectivity index (χ2v) is 6.94. The van der Waals surface area contributed by atoms with Gasteiger partial charge in [0.25, 0.3) is 0 Å². The highest BCUT2D eigenvalue weighted by Gasteiger charge is 2.12. The third-order valence-corrected chi connectivity index (χ3v) is 4.67. The lowest BCUT2D eigenvalue weighted by Crippen LogP contribution is -2.00. The summed E-state index contributed by atoms with van der Waals surface area (Å²) in [7, 11) is 0. The van der Waals surface area contributed by atoms with Gasteiger partial charge in [-0.3, -0.25) is 4.79 Å². The van der Waals surface area contributed by atoms with Crippen molar-refractivity contribution in [2.75, 3.05) is 5.32 Å². The molecular weight excluding hydrogens is 376 g/mol. The molecule has 3 aromatic rings. The third-order valence-electron chi connectivity index (χ3n) is 4.67.